The zero-order chi connectivity index (χ0) is 28.1. The van der Waals surface area contributed by atoms with Gasteiger partial charge >= 0.3 is 17.9 Å². The number of aliphatic carboxylic acids is 3. The molecule has 0 spiro atoms. The number of hydrogen-bond donors (Lipinski definition) is 8. The Morgan fingerprint density at radius 2 is 1.53 bits per heavy atom. The molecule has 1 aromatic carbocycles. The van der Waals surface area contributed by atoms with E-state index in [1.54, 1.807) is 0 Å². The number of nitrogens with zero attached hydrogens (tertiary/aromatic N) is 1. The van der Waals surface area contributed by atoms with Crippen LogP contribution in [-0.4, -0.2) is 76.2 Å². The smallest absolute Gasteiger partial charge is 0.320 e. The lowest BCUT2D eigenvalue weighted by Gasteiger charge is -2.04. The minimum atomic E-state index is -1.00. The number of guanidine groups is 1. The van der Waals surface area contributed by atoms with Gasteiger partial charge in [-0.05, 0) is 58.1 Å². The number of hydrogen-bond acceptors (Lipinski definition) is 8. The second-order valence-electron chi connectivity index (χ2n) is 7.92. The summed E-state index contributed by atoms with van der Waals surface area (Å²) in [5.41, 5.74) is 21.6. The van der Waals surface area contributed by atoms with Crippen LogP contribution in [0.2, 0.25) is 0 Å². The summed E-state index contributed by atoms with van der Waals surface area (Å²) in [4.78, 5) is 43.9. The van der Waals surface area contributed by atoms with Crippen LogP contribution in [0.25, 0.3) is 0 Å². The molecular formula is C23H40N6O7. The van der Waals surface area contributed by atoms with E-state index in [1.165, 1.54) is 13.8 Å². The molecule has 0 bridgehead atoms. The highest BCUT2D eigenvalue weighted by Crippen LogP contribution is 2.03. The van der Waals surface area contributed by atoms with E-state index in [2.05, 4.69) is 10.3 Å². The van der Waals surface area contributed by atoms with E-state index < -0.39 is 30.0 Å². The van der Waals surface area contributed by atoms with E-state index in [0.717, 1.165) is 24.9 Å². The summed E-state index contributed by atoms with van der Waals surface area (Å²) in [6.45, 7) is 4.33. The first-order chi connectivity index (χ1) is 16.8. The number of benzene rings is 1. The first-order valence-corrected chi connectivity index (χ1v) is 11.3. The normalized spacial score (nSPS) is 15.2. The van der Waals surface area contributed by atoms with Crippen molar-refractivity contribution in [2.45, 2.75) is 64.1 Å². The Morgan fingerprint density at radius 3 is 1.89 bits per heavy atom. The molecule has 204 valence electrons. The molecule has 1 saturated heterocycles. The molecule has 3 atom stereocenters. The maximum atomic E-state index is 10.4. The van der Waals surface area contributed by atoms with Crippen LogP contribution in [0, 0.1) is 0 Å². The van der Waals surface area contributed by atoms with E-state index in [9.17, 15) is 19.2 Å². The van der Waals surface area contributed by atoms with E-state index in [0.29, 0.717) is 25.8 Å². The quantitative estimate of drug-likeness (QED) is 0.118. The molecule has 2 rings (SSSR count). The van der Waals surface area contributed by atoms with Gasteiger partial charge in [0.05, 0.1) is 0 Å². The number of carboxylic acids is 3. The molecule has 0 aliphatic carbocycles. The molecule has 0 unspecified atom stereocenters. The summed E-state index contributed by atoms with van der Waals surface area (Å²) in [5, 5.41) is 28.1. The van der Waals surface area contributed by atoms with Crippen LogP contribution in [0.3, 0.4) is 0 Å². The molecule has 1 aliphatic heterocycles. The molecule has 1 aromatic rings. The maximum Gasteiger partial charge on any atom is 0.320 e. The van der Waals surface area contributed by atoms with Crippen molar-refractivity contribution >= 4 is 29.7 Å². The lowest BCUT2D eigenvalue weighted by molar-refractivity contribution is -0.139. The topological polar surface area (TPSA) is 257 Å². The molecular weight excluding hydrogens is 472 g/mol. The van der Waals surface area contributed by atoms with Crippen LogP contribution >= 0.6 is 0 Å². The van der Waals surface area contributed by atoms with Crippen molar-refractivity contribution in [2.75, 3.05) is 13.1 Å². The van der Waals surface area contributed by atoms with E-state index >= 15 is 0 Å². The van der Waals surface area contributed by atoms with Crippen molar-refractivity contribution < 1.29 is 34.5 Å². The van der Waals surface area contributed by atoms with Gasteiger partial charge in [-0.15, -0.1) is 0 Å². The third-order valence-corrected chi connectivity index (χ3v) is 4.26. The second-order valence-corrected chi connectivity index (χ2v) is 7.92. The number of nitrogens with two attached hydrogens (primary N) is 4. The Hall–Kier alpha value is -3.55. The largest absolute Gasteiger partial charge is 0.480 e. The van der Waals surface area contributed by atoms with Crippen LogP contribution < -0.4 is 28.3 Å². The number of carboxylic acid groups (broad SMARTS) is 3. The SMILES string of the molecule is CC(C)=O.NC(N)=NCCC[C@H](N)C(=O)O.N[C@@H](Cc1ccccc1)C(=O)O.O=C(O)[C@@H]1CCCN1. The summed E-state index contributed by atoms with van der Waals surface area (Å²) in [6, 6.07) is 7.46. The van der Waals surface area contributed by atoms with E-state index in [1.807, 2.05) is 30.3 Å². The lowest BCUT2D eigenvalue weighted by atomic mass is 10.1. The van der Waals surface area contributed by atoms with Crippen molar-refractivity contribution in [3.8, 4) is 0 Å². The van der Waals surface area contributed by atoms with Gasteiger partial charge in [-0.2, -0.15) is 0 Å². The number of nitrogens with one attached hydrogen (secondary N) is 1. The molecule has 1 heterocycles. The lowest BCUT2D eigenvalue weighted by Crippen LogP contribution is -2.32. The summed E-state index contributed by atoms with van der Waals surface area (Å²) < 4.78 is 0. The number of rotatable bonds is 9. The predicted octanol–water partition coefficient (Wildman–Crippen LogP) is -0.489. The first-order valence-electron chi connectivity index (χ1n) is 11.3. The molecule has 0 saturated carbocycles. The zero-order valence-electron chi connectivity index (χ0n) is 20.8. The second kappa shape index (κ2) is 20.8. The first kappa shape index (κ1) is 34.6. The van der Waals surface area contributed by atoms with Crippen LogP contribution in [0.15, 0.2) is 35.3 Å². The van der Waals surface area contributed by atoms with Crippen LogP contribution in [0.1, 0.15) is 45.1 Å². The number of carbonyl (C=O) groups is 4. The standard InChI is InChI=1S/C9H11NO2.C6H14N4O2.C5H9NO2.C3H6O/c10-8(9(11)12)6-7-4-2-1-3-5-7;7-4(5(11)12)2-1-3-10-6(8)9;7-5(8)4-2-1-3-6-4;1-3(2)4/h1-5,8H,6,10H2,(H,11,12);4H,1-3,7H2,(H,11,12)(H4,8,9,10);4,6H,1-3H2,(H,7,8);1-2H3/t8-;2*4-;/m000./s1. The van der Waals surface area contributed by atoms with E-state index in [-0.39, 0.29) is 17.8 Å². The molecule has 0 aromatic heterocycles. The summed E-state index contributed by atoms with van der Waals surface area (Å²) in [5.74, 6) is -2.50. The van der Waals surface area contributed by atoms with Crippen LogP contribution in [-0.2, 0) is 25.6 Å². The van der Waals surface area contributed by atoms with Crippen molar-refractivity contribution in [3.05, 3.63) is 35.9 Å². The fourth-order valence-electron chi connectivity index (χ4n) is 2.49. The molecule has 0 amide bonds. The minimum absolute atomic E-state index is 0.0129. The van der Waals surface area contributed by atoms with Crippen LogP contribution in [0.5, 0.6) is 0 Å². The summed E-state index contributed by atoms with van der Waals surface area (Å²) in [7, 11) is 0. The van der Waals surface area contributed by atoms with Crippen LogP contribution in [0.4, 0.5) is 0 Å². The molecule has 12 N–H and O–H groups in total. The number of carbonyl (C=O) groups excluding carboxylic acids is 1. The van der Waals surface area contributed by atoms with E-state index in [4.69, 9.17) is 38.3 Å². The van der Waals surface area contributed by atoms with Gasteiger partial charge in [-0.25, -0.2) is 0 Å². The van der Waals surface area contributed by atoms with Gasteiger partial charge in [0.15, 0.2) is 5.96 Å². The fourth-order valence-corrected chi connectivity index (χ4v) is 2.49. The predicted molar refractivity (Wildman–Crippen MR) is 136 cm³/mol. The average Bonchev–Trinajstić information content (AvgIpc) is 3.33. The Labute approximate surface area is 210 Å². The van der Waals surface area contributed by atoms with Gasteiger partial charge in [0.2, 0.25) is 0 Å². The Morgan fingerprint density at radius 1 is 1.00 bits per heavy atom. The molecule has 1 aliphatic rings. The van der Waals surface area contributed by atoms with Gasteiger partial charge < -0.3 is 48.4 Å². The third kappa shape index (κ3) is 22.3. The number of ketones is 1. The Balaban J connectivity index is 0. The van der Waals surface area contributed by atoms with Crippen molar-refractivity contribution in [3.63, 3.8) is 0 Å². The van der Waals surface area contributed by atoms with Gasteiger partial charge in [0.25, 0.3) is 0 Å². The molecule has 36 heavy (non-hydrogen) atoms. The highest BCUT2D eigenvalue weighted by atomic mass is 16.4. The highest BCUT2D eigenvalue weighted by Gasteiger charge is 2.20. The Kier molecular flexibility index (Phi) is 20.0. The Bertz CT molecular complexity index is 806. The van der Waals surface area contributed by atoms with Crippen molar-refractivity contribution in [1.82, 2.24) is 5.32 Å². The third-order valence-electron chi connectivity index (χ3n) is 4.26. The molecule has 0 radical (unpaired) electrons. The van der Waals surface area contributed by atoms with Crippen molar-refractivity contribution in [1.29, 1.82) is 0 Å². The molecule has 13 nitrogen and oxygen atoms in total. The average molecular weight is 513 g/mol. The fraction of sp³-hybridized carbons (Fsp3) is 0.522. The van der Waals surface area contributed by atoms with Crippen molar-refractivity contribution in [2.24, 2.45) is 27.9 Å². The zero-order valence-corrected chi connectivity index (χ0v) is 20.8. The van der Waals surface area contributed by atoms with Gasteiger partial charge in [-0.1, -0.05) is 30.3 Å². The minimum Gasteiger partial charge on any atom is -0.480 e. The molecule has 1 fully saturated rings. The van der Waals surface area contributed by atoms with Gasteiger partial charge in [-0.3, -0.25) is 19.4 Å². The highest BCUT2D eigenvalue weighted by molar-refractivity contribution is 5.75. The van der Waals surface area contributed by atoms with Gasteiger partial charge in [0, 0.05) is 6.54 Å². The number of aliphatic imine (C=N–C) groups is 1. The number of Topliss-reactive ketones (excluding diaryl/α,β-unsaturated/α-hetero) is 1. The summed E-state index contributed by atoms with van der Waals surface area (Å²) >= 11 is 0. The molecule has 13 heteroatoms. The summed E-state index contributed by atoms with van der Waals surface area (Å²) in [6.07, 6.45) is 3.12. The maximum absolute atomic E-state index is 10.4. The monoisotopic (exact) mass is 512 g/mol. The van der Waals surface area contributed by atoms with Gasteiger partial charge in [0.1, 0.15) is 23.9 Å².